The normalized spacial score (nSPS) is 10.4. The zero-order chi connectivity index (χ0) is 18.9. The minimum Gasteiger partial charge on any atom is -0.494 e. The Bertz CT molecular complexity index is 864. The van der Waals surface area contributed by atoms with Crippen LogP contribution in [0.1, 0.15) is 18.4 Å². The largest absolute Gasteiger partial charge is 0.494 e. The van der Waals surface area contributed by atoms with Gasteiger partial charge in [-0.2, -0.15) is 0 Å². The molecule has 0 spiro atoms. The maximum atomic E-state index is 11.0. The molecule has 0 aliphatic rings. The second-order valence-electron chi connectivity index (χ2n) is 6.21. The first-order valence-corrected chi connectivity index (χ1v) is 8.99. The number of anilines is 2. The van der Waals surface area contributed by atoms with Crippen molar-refractivity contribution in [1.82, 2.24) is 0 Å². The van der Waals surface area contributed by atoms with Gasteiger partial charge in [0.25, 0.3) is 5.69 Å². The van der Waals surface area contributed by atoms with Crippen LogP contribution in [-0.2, 0) is 6.42 Å². The van der Waals surface area contributed by atoms with E-state index in [1.165, 1.54) is 0 Å². The number of hydrogen-bond donors (Lipinski definition) is 1. The average Bonchev–Trinajstić information content (AvgIpc) is 2.70. The van der Waals surface area contributed by atoms with Crippen molar-refractivity contribution in [3.63, 3.8) is 0 Å². The fraction of sp³-hybridized carbons (Fsp3) is 0.182. The molecule has 3 aromatic carbocycles. The Hall–Kier alpha value is -3.34. The Kier molecular flexibility index (Phi) is 6.41. The number of unbranched alkanes of at least 4 members (excludes halogenated alkanes) is 1. The standard InChI is InChI=1S/C22H22N2O3/c25-24(26)22-12-5-4-8-18(22)9-6-7-17-27-21-15-13-20(14-16-21)23-19-10-2-1-3-11-19/h1-5,8,10-16,23H,6-7,9,17H2. The van der Waals surface area contributed by atoms with E-state index < -0.39 is 0 Å². The monoisotopic (exact) mass is 362 g/mol. The molecule has 5 nitrogen and oxygen atoms in total. The van der Waals surface area contributed by atoms with Crippen molar-refractivity contribution in [2.75, 3.05) is 11.9 Å². The molecule has 0 atom stereocenters. The van der Waals surface area contributed by atoms with Gasteiger partial charge in [-0.3, -0.25) is 10.1 Å². The predicted octanol–water partition coefficient (Wildman–Crippen LogP) is 5.74. The molecule has 3 aromatic rings. The molecule has 27 heavy (non-hydrogen) atoms. The Morgan fingerprint density at radius 3 is 2.22 bits per heavy atom. The van der Waals surface area contributed by atoms with E-state index in [0.717, 1.165) is 35.5 Å². The molecule has 0 unspecified atom stereocenters. The fourth-order valence-electron chi connectivity index (χ4n) is 2.83. The Labute approximate surface area is 158 Å². The van der Waals surface area contributed by atoms with E-state index in [-0.39, 0.29) is 10.6 Å². The van der Waals surface area contributed by atoms with Crippen LogP contribution in [0.4, 0.5) is 17.1 Å². The maximum absolute atomic E-state index is 11.0. The zero-order valence-electron chi connectivity index (χ0n) is 15.0. The van der Waals surface area contributed by atoms with E-state index >= 15 is 0 Å². The van der Waals surface area contributed by atoms with Gasteiger partial charge in [-0.1, -0.05) is 36.4 Å². The smallest absolute Gasteiger partial charge is 0.272 e. The zero-order valence-corrected chi connectivity index (χ0v) is 15.0. The second kappa shape index (κ2) is 9.38. The van der Waals surface area contributed by atoms with Gasteiger partial charge in [0.2, 0.25) is 0 Å². The lowest BCUT2D eigenvalue weighted by molar-refractivity contribution is -0.385. The summed E-state index contributed by atoms with van der Waals surface area (Å²) in [7, 11) is 0. The molecule has 0 aliphatic heterocycles. The van der Waals surface area contributed by atoms with Crippen LogP contribution in [0.25, 0.3) is 0 Å². The van der Waals surface area contributed by atoms with E-state index in [2.05, 4.69) is 5.32 Å². The molecule has 0 saturated heterocycles. The first-order valence-electron chi connectivity index (χ1n) is 8.99. The van der Waals surface area contributed by atoms with Crippen molar-refractivity contribution in [3.05, 3.63) is 94.5 Å². The van der Waals surface area contributed by atoms with Gasteiger partial charge in [-0.25, -0.2) is 0 Å². The minimum absolute atomic E-state index is 0.194. The summed E-state index contributed by atoms with van der Waals surface area (Å²) in [6.45, 7) is 0.589. The summed E-state index contributed by atoms with van der Waals surface area (Å²) < 4.78 is 5.77. The summed E-state index contributed by atoms with van der Waals surface area (Å²) in [5, 5.41) is 14.3. The lowest BCUT2D eigenvalue weighted by Gasteiger charge is -2.09. The third-order valence-corrected chi connectivity index (χ3v) is 4.21. The highest BCUT2D eigenvalue weighted by atomic mass is 16.6. The van der Waals surface area contributed by atoms with Gasteiger partial charge in [0.1, 0.15) is 5.75 Å². The summed E-state index contributed by atoms with van der Waals surface area (Å²) in [6, 6.07) is 24.7. The van der Waals surface area contributed by atoms with E-state index in [0.29, 0.717) is 13.0 Å². The summed E-state index contributed by atoms with van der Waals surface area (Å²) in [6.07, 6.45) is 2.37. The number of nitrogens with zero attached hydrogens (tertiary/aromatic N) is 1. The van der Waals surface area contributed by atoms with Crippen LogP contribution in [0.3, 0.4) is 0 Å². The van der Waals surface area contributed by atoms with Crippen LogP contribution in [0.2, 0.25) is 0 Å². The Morgan fingerprint density at radius 2 is 1.48 bits per heavy atom. The molecule has 0 aliphatic carbocycles. The van der Waals surface area contributed by atoms with Gasteiger partial charge >= 0.3 is 0 Å². The summed E-state index contributed by atoms with van der Waals surface area (Å²) in [5.41, 5.74) is 3.02. The summed E-state index contributed by atoms with van der Waals surface area (Å²) >= 11 is 0. The van der Waals surface area contributed by atoms with E-state index in [1.54, 1.807) is 12.1 Å². The van der Waals surface area contributed by atoms with Crippen molar-refractivity contribution >= 4 is 17.1 Å². The van der Waals surface area contributed by atoms with E-state index in [4.69, 9.17) is 4.74 Å². The second-order valence-corrected chi connectivity index (χ2v) is 6.21. The molecule has 0 saturated carbocycles. The Morgan fingerprint density at radius 1 is 0.815 bits per heavy atom. The average molecular weight is 362 g/mol. The topological polar surface area (TPSA) is 64.4 Å². The molecular weight excluding hydrogens is 340 g/mol. The number of rotatable bonds is 9. The maximum Gasteiger partial charge on any atom is 0.272 e. The molecule has 0 fully saturated rings. The number of hydrogen-bond acceptors (Lipinski definition) is 4. The highest BCUT2D eigenvalue weighted by Gasteiger charge is 2.11. The molecule has 5 heteroatoms. The first kappa shape index (κ1) is 18.5. The van der Waals surface area contributed by atoms with Crippen molar-refractivity contribution in [1.29, 1.82) is 0 Å². The molecule has 0 aromatic heterocycles. The third kappa shape index (κ3) is 5.57. The highest BCUT2D eigenvalue weighted by molar-refractivity contribution is 5.60. The summed E-state index contributed by atoms with van der Waals surface area (Å²) in [4.78, 5) is 10.7. The van der Waals surface area contributed by atoms with Crippen LogP contribution < -0.4 is 10.1 Å². The van der Waals surface area contributed by atoms with Gasteiger partial charge in [0.15, 0.2) is 0 Å². The van der Waals surface area contributed by atoms with Crippen molar-refractivity contribution in [2.45, 2.75) is 19.3 Å². The number of benzene rings is 3. The summed E-state index contributed by atoms with van der Waals surface area (Å²) in [5.74, 6) is 0.819. The minimum atomic E-state index is -0.323. The lowest BCUT2D eigenvalue weighted by atomic mass is 10.1. The van der Waals surface area contributed by atoms with Crippen molar-refractivity contribution < 1.29 is 9.66 Å². The van der Waals surface area contributed by atoms with Gasteiger partial charge in [0.05, 0.1) is 11.5 Å². The van der Waals surface area contributed by atoms with Gasteiger partial charge in [0, 0.05) is 23.0 Å². The van der Waals surface area contributed by atoms with E-state index in [9.17, 15) is 10.1 Å². The van der Waals surface area contributed by atoms with Crippen LogP contribution >= 0.6 is 0 Å². The van der Waals surface area contributed by atoms with Crippen molar-refractivity contribution in [2.24, 2.45) is 0 Å². The molecular formula is C22H22N2O3. The van der Waals surface area contributed by atoms with Gasteiger partial charge < -0.3 is 10.1 Å². The number of aryl methyl sites for hydroxylation is 1. The fourth-order valence-corrected chi connectivity index (χ4v) is 2.83. The molecule has 0 heterocycles. The molecule has 0 bridgehead atoms. The lowest BCUT2D eigenvalue weighted by Crippen LogP contribution is -2.00. The molecule has 0 radical (unpaired) electrons. The van der Waals surface area contributed by atoms with Gasteiger partial charge in [-0.15, -0.1) is 0 Å². The molecule has 138 valence electrons. The number of ether oxygens (including phenoxy) is 1. The number of nitrogens with one attached hydrogen (secondary N) is 1. The van der Waals surface area contributed by atoms with Crippen LogP contribution in [0, 0.1) is 10.1 Å². The molecule has 3 rings (SSSR count). The van der Waals surface area contributed by atoms with E-state index in [1.807, 2.05) is 66.7 Å². The van der Waals surface area contributed by atoms with Crippen LogP contribution in [-0.4, -0.2) is 11.5 Å². The predicted molar refractivity (Wildman–Crippen MR) is 108 cm³/mol. The third-order valence-electron chi connectivity index (χ3n) is 4.21. The highest BCUT2D eigenvalue weighted by Crippen LogP contribution is 2.21. The number of para-hydroxylation sites is 2. The number of nitro groups is 1. The Balaban J connectivity index is 1.41. The van der Waals surface area contributed by atoms with Crippen LogP contribution in [0.15, 0.2) is 78.9 Å². The van der Waals surface area contributed by atoms with Crippen LogP contribution in [0.5, 0.6) is 5.75 Å². The van der Waals surface area contributed by atoms with Crippen molar-refractivity contribution in [3.8, 4) is 5.75 Å². The van der Waals surface area contributed by atoms with Gasteiger partial charge in [-0.05, 0) is 55.7 Å². The molecule has 0 amide bonds. The number of nitro benzene ring substituents is 1. The first-order chi connectivity index (χ1) is 13.2. The quantitative estimate of drug-likeness (QED) is 0.299. The SMILES string of the molecule is O=[N+]([O-])c1ccccc1CCCCOc1ccc(Nc2ccccc2)cc1. The molecule has 1 N–H and O–H groups in total.